The number of carbonyl (C=O) groups excluding carboxylic acids is 2. The van der Waals surface area contributed by atoms with Gasteiger partial charge in [0.1, 0.15) is 5.71 Å². The third kappa shape index (κ3) is 4.34. The largest absolute Gasteiger partial charge is 0.416 e. The number of rotatable bonds is 3. The summed E-state index contributed by atoms with van der Waals surface area (Å²) in [7, 11) is -3.25. The molecule has 2 heterocycles. The second kappa shape index (κ2) is 7.19. The van der Waals surface area contributed by atoms with Gasteiger partial charge in [0.05, 0.1) is 23.1 Å². The molecular formula is C17H18F3N3O4S. The van der Waals surface area contributed by atoms with Crippen LogP contribution in [-0.2, 0) is 25.6 Å². The molecule has 2 aliphatic rings. The van der Waals surface area contributed by atoms with Gasteiger partial charge in [0.25, 0.3) is 5.91 Å². The molecule has 0 spiro atoms. The fourth-order valence-corrected chi connectivity index (χ4v) is 4.89. The highest BCUT2D eigenvalue weighted by Gasteiger charge is 2.37. The number of nitrogens with one attached hydrogen (secondary N) is 1. The van der Waals surface area contributed by atoms with Crippen LogP contribution >= 0.6 is 0 Å². The van der Waals surface area contributed by atoms with Gasteiger partial charge in [-0.05, 0) is 31.0 Å². The summed E-state index contributed by atoms with van der Waals surface area (Å²) >= 11 is 0. The monoisotopic (exact) mass is 417 g/mol. The summed E-state index contributed by atoms with van der Waals surface area (Å²) < 4.78 is 62.3. The minimum absolute atomic E-state index is 0.0233. The molecule has 1 aromatic rings. The smallest absolute Gasteiger partial charge is 0.321 e. The maximum absolute atomic E-state index is 13.0. The van der Waals surface area contributed by atoms with Gasteiger partial charge in [0, 0.05) is 18.5 Å². The van der Waals surface area contributed by atoms with Crippen LogP contribution < -0.4 is 5.32 Å². The molecule has 1 saturated heterocycles. The molecule has 1 N–H and O–H groups in total. The Kier molecular flexibility index (Phi) is 5.22. The Morgan fingerprint density at radius 2 is 2.00 bits per heavy atom. The quantitative estimate of drug-likeness (QED) is 0.815. The first-order valence-electron chi connectivity index (χ1n) is 8.55. The summed E-state index contributed by atoms with van der Waals surface area (Å²) in [6.07, 6.45) is -4.31. The van der Waals surface area contributed by atoms with Crippen molar-refractivity contribution in [3.63, 3.8) is 0 Å². The molecule has 1 aromatic carbocycles. The number of nitrogens with zero attached hydrogens (tertiary/aromatic N) is 2. The molecular weight excluding hydrogens is 399 g/mol. The highest BCUT2D eigenvalue weighted by atomic mass is 32.2. The number of aryl methyl sites for hydroxylation is 1. The van der Waals surface area contributed by atoms with Crippen LogP contribution in [0.2, 0.25) is 0 Å². The van der Waals surface area contributed by atoms with Crippen LogP contribution in [0.5, 0.6) is 0 Å². The van der Waals surface area contributed by atoms with E-state index in [1.165, 1.54) is 19.1 Å². The lowest BCUT2D eigenvalue weighted by atomic mass is 10.1. The number of sulfone groups is 1. The summed E-state index contributed by atoms with van der Waals surface area (Å²) in [5, 5.41) is 7.39. The van der Waals surface area contributed by atoms with Gasteiger partial charge in [-0.1, -0.05) is 6.07 Å². The maximum atomic E-state index is 13.0. The van der Waals surface area contributed by atoms with E-state index in [4.69, 9.17) is 0 Å². The fourth-order valence-electron chi connectivity index (χ4n) is 3.20. The average molecular weight is 417 g/mol. The molecule has 28 heavy (non-hydrogen) atoms. The van der Waals surface area contributed by atoms with Crippen LogP contribution in [0, 0.1) is 6.92 Å². The van der Waals surface area contributed by atoms with Crippen LogP contribution in [0.3, 0.4) is 0 Å². The van der Waals surface area contributed by atoms with E-state index in [0.29, 0.717) is 0 Å². The third-order valence-electron chi connectivity index (χ3n) is 4.68. The van der Waals surface area contributed by atoms with E-state index in [9.17, 15) is 31.2 Å². The SMILES string of the molecule is Cc1ccc(NC(=O)C2=NN(C3CCS(=O)(=O)C3)C(=O)CC2)cc1C(F)(F)F. The Morgan fingerprint density at radius 3 is 2.61 bits per heavy atom. The molecule has 152 valence electrons. The molecule has 1 atom stereocenters. The second-order valence-corrected chi connectivity index (χ2v) is 9.05. The highest BCUT2D eigenvalue weighted by Crippen LogP contribution is 2.33. The van der Waals surface area contributed by atoms with Crippen molar-refractivity contribution in [3.8, 4) is 0 Å². The normalized spacial score (nSPS) is 22.1. The number of carbonyl (C=O) groups is 2. The summed E-state index contributed by atoms with van der Waals surface area (Å²) in [6.45, 7) is 1.32. The topological polar surface area (TPSA) is 95.9 Å². The average Bonchev–Trinajstić information content (AvgIpc) is 2.95. The number of anilines is 1. The molecule has 0 radical (unpaired) electrons. The molecule has 3 rings (SSSR count). The fraction of sp³-hybridized carbons (Fsp3) is 0.471. The predicted octanol–water partition coefficient (Wildman–Crippen LogP) is 2.12. The molecule has 2 amide bonds. The molecule has 7 nitrogen and oxygen atoms in total. The summed E-state index contributed by atoms with van der Waals surface area (Å²) in [6, 6.07) is 2.80. The Bertz CT molecular complexity index is 957. The standard InChI is InChI=1S/C17H18F3N3O4S/c1-10-2-3-11(8-13(10)17(18,19)20)21-16(25)14-4-5-15(24)23(22-14)12-6-7-28(26,27)9-12/h2-3,8,12H,4-7,9H2,1H3,(H,21,25). The van der Waals surface area contributed by atoms with E-state index in [1.807, 2.05) is 0 Å². The molecule has 2 aliphatic heterocycles. The summed E-state index contributed by atoms with van der Waals surface area (Å²) in [5.41, 5.74) is -0.904. The van der Waals surface area contributed by atoms with Gasteiger partial charge in [-0.3, -0.25) is 9.59 Å². The van der Waals surface area contributed by atoms with Crippen LogP contribution in [0.25, 0.3) is 0 Å². The van der Waals surface area contributed by atoms with Crippen LogP contribution in [0.4, 0.5) is 18.9 Å². The van der Waals surface area contributed by atoms with Crippen molar-refractivity contribution in [1.82, 2.24) is 5.01 Å². The van der Waals surface area contributed by atoms with Crippen molar-refractivity contribution < 1.29 is 31.2 Å². The van der Waals surface area contributed by atoms with Crippen LogP contribution in [0.15, 0.2) is 23.3 Å². The Morgan fingerprint density at radius 1 is 1.29 bits per heavy atom. The zero-order chi connectivity index (χ0) is 20.7. The van der Waals surface area contributed by atoms with Crippen molar-refractivity contribution >= 4 is 33.1 Å². The van der Waals surface area contributed by atoms with E-state index in [0.717, 1.165) is 11.1 Å². The van der Waals surface area contributed by atoms with Crippen molar-refractivity contribution in [1.29, 1.82) is 0 Å². The Balaban J connectivity index is 1.79. The molecule has 11 heteroatoms. The number of halogens is 3. The molecule has 0 aromatic heterocycles. The first-order valence-corrected chi connectivity index (χ1v) is 10.4. The van der Waals surface area contributed by atoms with Crippen molar-refractivity contribution in [2.45, 2.75) is 38.4 Å². The number of benzene rings is 1. The van der Waals surface area contributed by atoms with E-state index >= 15 is 0 Å². The van der Waals surface area contributed by atoms with Gasteiger partial charge < -0.3 is 5.32 Å². The predicted molar refractivity (Wildman–Crippen MR) is 95.4 cm³/mol. The first kappa shape index (κ1) is 20.3. The minimum atomic E-state index is -4.55. The number of hydrazone groups is 1. The maximum Gasteiger partial charge on any atom is 0.416 e. The molecule has 0 saturated carbocycles. The molecule has 1 unspecified atom stereocenters. The lowest BCUT2D eigenvalue weighted by molar-refractivity contribution is -0.138. The second-order valence-electron chi connectivity index (χ2n) is 6.82. The van der Waals surface area contributed by atoms with Crippen molar-refractivity contribution in [3.05, 3.63) is 29.3 Å². The third-order valence-corrected chi connectivity index (χ3v) is 6.43. The van der Waals surface area contributed by atoms with E-state index in [1.54, 1.807) is 0 Å². The Labute approximate surface area is 159 Å². The van der Waals surface area contributed by atoms with Gasteiger partial charge in [0.15, 0.2) is 9.84 Å². The highest BCUT2D eigenvalue weighted by molar-refractivity contribution is 7.91. The summed E-state index contributed by atoms with van der Waals surface area (Å²) in [4.78, 5) is 24.5. The molecule has 1 fully saturated rings. The molecule has 0 aliphatic carbocycles. The Hall–Kier alpha value is -2.43. The van der Waals surface area contributed by atoms with Gasteiger partial charge in [-0.25, -0.2) is 13.4 Å². The van der Waals surface area contributed by atoms with Gasteiger partial charge in [-0.15, -0.1) is 0 Å². The van der Waals surface area contributed by atoms with Gasteiger partial charge >= 0.3 is 6.18 Å². The van der Waals surface area contributed by atoms with Crippen molar-refractivity contribution in [2.24, 2.45) is 5.10 Å². The van der Waals surface area contributed by atoms with E-state index < -0.39 is 33.5 Å². The molecule has 0 bridgehead atoms. The lowest BCUT2D eigenvalue weighted by Gasteiger charge is -2.27. The summed E-state index contributed by atoms with van der Waals surface area (Å²) in [5.74, 6) is -1.38. The first-order chi connectivity index (χ1) is 13.0. The minimum Gasteiger partial charge on any atom is -0.321 e. The van der Waals surface area contributed by atoms with E-state index in [-0.39, 0.29) is 53.6 Å². The van der Waals surface area contributed by atoms with Gasteiger partial charge in [0.2, 0.25) is 5.91 Å². The zero-order valence-electron chi connectivity index (χ0n) is 14.9. The zero-order valence-corrected chi connectivity index (χ0v) is 15.7. The lowest BCUT2D eigenvalue weighted by Crippen LogP contribution is -2.42. The van der Waals surface area contributed by atoms with E-state index in [2.05, 4.69) is 10.4 Å². The van der Waals surface area contributed by atoms with Gasteiger partial charge in [-0.2, -0.15) is 18.3 Å². The van der Waals surface area contributed by atoms with Crippen molar-refractivity contribution in [2.75, 3.05) is 16.8 Å². The van der Waals surface area contributed by atoms with Crippen LogP contribution in [-0.4, -0.2) is 48.5 Å². The van der Waals surface area contributed by atoms with Crippen LogP contribution in [0.1, 0.15) is 30.4 Å². The number of hydrogen-bond donors (Lipinski definition) is 1. The number of alkyl halides is 3. The number of amides is 2. The number of hydrogen-bond acceptors (Lipinski definition) is 5.